The molecule has 184 valence electrons. The Balaban J connectivity index is 3.15. The van der Waals surface area contributed by atoms with Gasteiger partial charge in [0.25, 0.3) is 0 Å². The molecular weight excluding hydrogens is 424 g/mol. The lowest BCUT2D eigenvalue weighted by molar-refractivity contribution is -0.153. The Bertz CT molecular complexity index is 795. The molecule has 3 atom stereocenters. The maximum atomic E-state index is 13.2. The fraction of sp³-hybridized carbons (Fsp3) is 0.560. The van der Waals surface area contributed by atoms with Gasteiger partial charge in [0, 0.05) is 0 Å². The van der Waals surface area contributed by atoms with E-state index in [0.29, 0.717) is 0 Å². The summed E-state index contributed by atoms with van der Waals surface area (Å²) in [5.41, 5.74) is -0.466. The summed E-state index contributed by atoms with van der Waals surface area (Å²) in [5.74, 6) is -2.33. The van der Waals surface area contributed by atoms with E-state index in [-0.39, 0.29) is 19.6 Å². The van der Waals surface area contributed by atoms with Crippen LogP contribution in [-0.4, -0.2) is 47.4 Å². The highest BCUT2D eigenvalue weighted by Crippen LogP contribution is 2.21. The zero-order chi connectivity index (χ0) is 25.2. The van der Waals surface area contributed by atoms with Crippen LogP contribution in [0.5, 0.6) is 0 Å². The number of amides is 2. The molecule has 8 heteroatoms. The number of carbonyl (C=O) groups excluding carboxylic acids is 3. The molecule has 8 nitrogen and oxygen atoms in total. The van der Waals surface area contributed by atoms with Gasteiger partial charge in [0.05, 0.1) is 18.6 Å². The summed E-state index contributed by atoms with van der Waals surface area (Å²) in [7, 11) is 0. The van der Waals surface area contributed by atoms with Gasteiger partial charge in [0.15, 0.2) is 0 Å². The zero-order valence-corrected chi connectivity index (χ0v) is 20.5. The molecule has 0 heterocycles. The van der Waals surface area contributed by atoms with Crippen LogP contribution in [0.4, 0.5) is 4.79 Å². The molecule has 0 bridgehead atoms. The van der Waals surface area contributed by atoms with Crippen molar-refractivity contribution in [2.24, 2.45) is 11.3 Å². The SMILES string of the molecule is C=CCC(C(=O)OCc1ccccc1)C(NC(=O)OC(C)(C)C)C(=O)NC(CO)C(C)(C)C. The first-order valence-corrected chi connectivity index (χ1v) is 11.0. The Labute approximate surface area is 196 Å². The minimum absolute atomic E-state index is 0.0232. The van der Waals surface area contributed by atoms with Crippen molar-refractivity contribution in [3.8, 4) is 0 Å². The summed E-state index contributed by atoms with van der Waals surface area (Å²) in [4.78, 5) is 38.7. The van der Waals surface area contributed by atoms with Crippen LogP contribution < -0.4 is 10.6 Å². The van der Waals surface area contributed by atoms with Crippen LogP contribution in [0, 0.1) is 11.3 Å². The van der Waals surface area contributed by atoms with E-state index >= 15 is 0 Å². The average molecular weight is 463 g/mol. The quantitative estimate of drug-likeness (QED) is 0.363. The fourth-order valence-electron chi connectivity index (χ4n) is 2.96. The normalized spacial score (nSPS) is 14.4. The van der Waals surface area contributed by atoms with Crippen molar-refractivity contribution in [1.82, 2.24) is 10.6 Å². The minimum Gasteiger partial charge on any atom is -0.461 e. The van der Waals surface area contributed by atoms with Gasteiger partial charge in [-0.15, -0.1) is 6.58 Å². The standard InChI is InChI=1S/C25H38N2O6/c1-8-12-18(22(30)32-16-17-13-10-9-11-14-17)20(27-23(31)33-25(5,6)7)21(29)26-19(15-28)24(2,3)4/h8-11,13-14,18-20,28H,1,12,15-16H2,2-7H3,(H,26,29)(H,27,31). The van der Waals surface area contributed by atoms with E-state index in [9.17, 15) is 19.5 Å². The molecule has 0 aromatic heterocycles. The van der Waals surface area contributed by atoms with Crippen molar-refractivity contribution >= 4 is 18.0 Å². The highest BCUT2D eigenvalue weighted by molar-refractivity contribution is 5.91. The molecule has 33 heavy (non-hydrogen) atoms. The first-order chi connectivity index (χ1) is 15.3. The summed E-state index contributed by atoms with van der Waals surface area (Å²) in [6, 6.07) is 7.24. The molecule has 0 radical (unpaired) electrons. The maximum Gasteiger partial charge on any atom is 0.408 e. The minimum atomic E-state index is -1.29. The molecule has 0 saturated heterocycles. The lowest BCUT2D eigenvalue weighted by Crippen LogP contribution is -2.58. The van der Waals surface area contributed by atoms with E-state index in [1.165, 1.54) is 6.08 Å². The number of nitrogens with one attached hydrogen (secondary N) is 2. The monoisotopic (exact) mass is 462 g/mol. The first kappa shape index (κ1) is 28.2. The molecule has 0 aliphatic rings. The largest absolute Gasteiger partial charge is 0.461 e. The zero-order valence-electron chi connectivity index (χ0n) is 20.5. The lowest BCUT2D eigenvalue weighted by atomic mass is 9.86. The molecular formula is C25H38N2O6. The van der Waals surface area contributed by atoms with Gasteiger partial charge in [0.2, 0.25) is 5.91 Å². The Morgan fingerprint density at radius 3 is 2.15 bits per heavy atom. The highest BCUT2D eigenvalue weighted by Gasteiger charge is 2.38. The second-order valence-electron chi connectivity index (χ2n) is 9.96. The molecule has 0 saturated carbocycles. The third kappa shape index (κ3) is 10.1. The van der Waals surface area contributed by atoms with Gasteiger partial charge in [-0.3, -0.25) is 9.59 Å². The Hall–Kier alpha value is -2.87. The second kappa shape index (κ2) is 12.4. The van der Waals surface area contributed by atoms with E-state index in [1.54, 1.807) is 20.8 Å². The maximum absolute atomic E-state index is 13.2. The van der Waals surface area contributed by atoms with Gasteiger partial charge in [0.1, 0.15) is 18.2 Å². The molecule has 0 spiro atoms. The van der Waals surface area contributed by atoms with Crippen molar-refractivity contribution in [1.29, 1.82) is 0 Å². The molecule has 2 amide bonds. The van der Waals surface area contributed by atoms with Gasteiger partial charge in [-0.1, -0.05) is 57.2 Å². The molecule has 3 unspecified atom stereocenters. The van der Waals surface area contributed by atoms with Crippen LogP contribution >= 0.6 is 0 Å². The number of hydrogen-bond acceptors (Lipinski definition) is 6. The topological polar surface area (TPSA) is 114 Å². The number of hydrogen-bond donors (Lipinski definition) is 3. The van der Waals surface area contributed by atoms with E-state index in [4.69, 9.17) is 9.47 Å². The van der Waals surface area contributed by atoms with Crippen LogP contribution in [0.25, 0.3) is 0 Å². The van der Waals surface area contributed by atoms with Crippen molar-refractivity contribution in [3.05, 3.63) is 48.6 Å². The predicted octanol–water partition coefficient (Wildman–Crippen LogP) is 3.34. The number of alkyl carbamates (subject to hydrolysis) is 1. The van der Waals surface area contributed by atoms with Gasteiger partial charge >= 0.3 is 12.1 Å². The molecule has 0 aliphatic carbocycles. The molecule has 0 fully saturated rings. The van der Waals surface area contributed by atoms with Crippen LogP contribution in [0.15, 0.2) is 43.0 Å². The number of ether oxygens (including phenoxy) is 2. The molecule has 1 aromatic rings. The number of aliphatic hydroxyl groups excluding tert-OH is 1. The van der Waals surface area contributed by atoms with Crippen molar-refractivity contribution in [3.63, 3.8) is 0 Å². The van der Waals surface area contributed by atoms with E-state index < -0.39 is 47.0 Å². The fourth-order valence-corrected chi connectivity index (χ4v) is 2.96. The van der Waals surface area contributed by atoms with Gasteiger partial charge in [-0.25, -0.2) is 4.79 Å². The number of benzene rings is 1. The van der Waals surface area contributed by atoms with Crippen LogP contribution in [0.2, 0.25) is 0 Å². The number of aliphatic hydroxyl groups is 1. The summed E-state index contributed by atoms with van der Waals surface area (Å²) in [6.07, 6.45) is 0.725. The van der Waals surface area contributed by atoms with Crippen molar-refractivity contribution < 1.29 is 29.0 Å². The summed E-state index contributed by atoms with van der Waals surface area (Å²) in [5, 5.41) is 15.0. The summed E-state index contributed by atoms with van der Waals surface area (Å²) in [6.45, 7) is 14.1. The van der Waals surface area contributed by atoms with Crippen molar-refractivity contribution in [2.75, 3.05) is 6.61 Å². The van der Waals surface area contributed by atoms with E-state index in [0.717, 1.165) is 5.56 Å². The molecule has 0 aliphatic heterocycles. The first-order valence-electron chi connectivity index (χ1n) is 11.0. The number of carbonyl (C=O) groups is 3. The molecule has 1 rings (SSSR count). The summed E-state index contributed by atoms with van der Waals surface area (Å²) < 4.78 is 10.7. The predicted molar refractivity (Wildman–Crippen MR) is 126 cm³/mol. The molecule has 3 N–H and O–H groups in total. The second-order valence-corrected chi connectivity index (χ2v) is 9.96. The van der Waals surface area contributed by atoms with Gasteiger partial charge in [-0.2, -0.15) is 0 Å². The van der Waals surface area contributed by atoms with E-state index in [2.05, 4.69) is 17.2 Å². The highest BCUT2D eigenvalue weighted by atomic mass is 16.6. The third-order valence-corrected chi connectivity index (χ3v) is 4.85. The third-order valence-electron chi connectivity index (χ3n) is 4.85. The Kier molecular flexibility index (Phi) is 10.6. The Morgan fingerprint density at radius 2 is 1.67 bits per heavy atom. The van der Waals surface area contributed by atoms with Crippen LogP contribution in [0.1, 0.15) is 53.5 Å². The molecule has 1 aromatic carbocycles. The smallest absolute Gasteiger partial charge is 0.408 e. The van der Waals surface area contributed by atoms with Crippen molar-refractivity contribution in [2.45, 2.75) is 72.3 Å². The van der Waals surface area contributed by atoms with Crippen LogP contribution in [-0.2, 0) is 25.7 Å². The van der Waals surface area contributed by atoms with Crippen LogP contribution in [0.3, 0.4) is 0 Å². The summed E-state index contributed by atoms with van der Waals surface area (Å²) >= 11 is 0. The van der Waals surface area contributed by atoms with E-state index in [1.807, 2.05) is 51.1 Å². The number of allylic oxidation sites excluding steroid dienone is 1. The average Bonchev–Trinajstić information content (AvgIpc) is 2.71. The lowest BCUT2D eigenvalue weighted by Gasteiger charge is -2.33. The Morgan fingerprint density at radius 1 is 1.06 bits per heavy atom. The number of esters is 1. The number of rotatable bonds is 10. The van der Waals surface area contributed by atoms with Gasteiger partial charge in [-0.05, 0) is 38.2 Å². The van der Waals surface area contributed by atoms with Gasteiger partial charge < -0.3 is 25.2 Å².